The molecule has 1 saturated carbocycles. The molecule has 2 unspecified atom stereocenters. The molecule has 0 aromatic heterocycles. The highest BCUT2D eigenvalue weighted by atomic mass is 35.5. The van der Waals surface area contributed by atoms with Crippen LogP contribution in [0.1, 0.15) is 50.5 Å². The molecular formula is C20H28ClNO4S. The largest absolute Gasteiger partial charge is 0.481 e. The van der Waals surface area contributed by atoms with Crippen molar-refractivity contribution in [3.63, 3.8) is 0 Å². The molecule has 2 N–H and O–H groups in total. The lowest BCUT2D eigenvalue weighted by atomic mass is 9.79. The molecule has 1 aliphatic carbocycles. The number of hydrogen-bond donors (Lipinski definition) is 2. The van der Waals surface area contributed by atoms with Gasteiger partial charge in [0.25, 0.3) is 0 Å². The van der Waals surface area contributed by atoms with Gasteiger partial charge in [0.15, 0.2) is 0 Å². The number of halogens is 1. The van der Waals surface area contributed by atoms with E-state index in [0.717, 1.165) is 32.1 Å². The Kier molecular flexibility index (Phi) is 8.32. The first-order valence-electron chi connectivity index (χ1n) is 9.44. The zero-order chi connectivity index (χ0) is 19.9. The Labute approximate surface area is 166 Å². The molecule has 1 fully saturated rings. The van der Waals surface area contributed by atoms with Crippen molar-refractivity contribution in [3.05, 3.63) is 40.9 Å². The molecule has 0 aliphatic heterocycles. The van der Waals surface area contributed by atoms with E-state index in [4.69, 9.17) is 16.7 Å². The number of hydrogen-bond acceptors (Lipinski definition) is 3. The molecule has 2 rings (SSSR count). The van der Waals surface area contributed by atoms with Crippen LogP contribution >= 0.6 is 11.6 Å². The fourth-order valence-corrected chi connectivity index (χ4v) is 5.14. The first-order chi connectivity index (χ1) is 12.8. The van der Waals surface area contributed by atoms with Crippen molar-refractivity contribution in [3.8, 4) is 0 Å². The van der Waals surface area contributed by atoms with Crippen molar-refractivity contribution in [1.82, 2.24) is 4.72 Å². The van der Waals surface area contributed by atoms with Crippen molar-refractivity contribution in [2.75, 3.05) is 6.54 Å². The maximum absolute atomic E-state index is 12.6. The number of unbranched alkanes of at least 4 members (excludes halogenated alkanes) is 1. The minimum atomic E-state index is -3.57. The van der Waals surface area contributed by atoms with Crippen molar-refractivity contribution in [2.45, 2.75) is 56.8 Å². The van der Waals surface area contributed by atoms with Gasteiger partial charge in [0.05, 0.1) is 4.90 Å². The number of carboxylic acids is 1. The zero-order valence-electron chi connectivity index (χ0n) is 15.7. The highest BCUT2D eigenvalue weighted by Crippen LogP contribution is 2.31. The van der Waals surface area contributed by atoms with Gasteiger partial charge in [0.1, 0.15) is 0 Å². The number of nitrogens with one attached hydrogen (secondary N) is 1. The van der Waals surface area contributed by atoms with Gasteiger partial charge in [-0.1, -0.05) is 36.6 Å². The molecule has 7 heteroatoms. The van der Waals surface area contributed by atoms with Gasteiger partial charge in [0, 0.05) is 18.0 Å². The average Bonchev–Trinajstić information content (AvgIpc) is 2.60. The summed E-state index contributed by atoms with van der Waals surface area (Å²) in [5.74, 6) is -0.180. The van der Waals surface area contributed by atoms with Gasteiger partial charge in [-0.15, -0.1) is 0 Å². The van der Waals surface area contributed by atoms with Gasteiger partial charge in [-0.2, -0.15) is 0 Å². The van der Waals surface area contributed by atoms with Crippen LogP contribution in [0.4, 0.5) is 0 Å². The van der Waals surface area contributed by atoms with Gasteiger partial charge in [0.2, 0.25) is 10.0 Å². The topological polar surface area (TPSA) is 83.5 Å². The lowest BCUT2D eigenvalue weighted by Gasteiger charge is -2.29. The minimum absolute atomic E-state index is 0.179. The van der Waals surface area contributed by atoms with E-state index in [0.29, 0.717) is 29.5 Å². The second kappa shape index (κ2) is 10.2. The quantitative estimate of drug-likeness (QED) is 0.459. The molecule has 5 nitrogen and oxygen atoms in total. The number of rotatable bonds is 9. The molecule has 0 saturated heterocycles. The van der Waals surface area contributed by atoms with Gasteiger partial charge in [-0.05, 0) is 68.2 Å². The summed E-state index contributed by atoms with van der Waals surface area (Å²) in [6, 6.07) is 4.78. The predicted molar refractivity (Wildman–Crippen MR) is 107 cm³/mol. The molecule has 27 heavy (non-hydrogen) atoms. The standard InChI is InChI=1S/C20H28ClNO4S/c1-15-13-18(21)11-12-19(15)27(25,26)22-14-17-9-6-5-8-16(17)7-3-2-4-10-20(23)24/h3,7,11-13,16-17,22H,2,4-6,8-10,14H2,1H3,(H,23,24)/b7-3-. The summed E-state index contributed by atoms with van der Waals surface area (Å²) in [4.78, 5) is 10.8. The number of benzene rings is 1. The summed E-state index contributed by atoms with van der Waals surface area (Å²) in [5, 5.41) is 9.20. The normalized spacial score (nSPS) is 20.8. The van der Waals surface area contributed by atoms with Crippen LogP contribution in [-0.2, 0) is 14.8 Å². The third-order valence-corrected chi connectivity index (χ3v) is 6.89. The predicted octanol–water partition coefficient (Wildman–Crippen LogP) is 4.54. The molecule has 0 bridgehead atoms. The zero-order valence-corrected chi connectivity index (χ0v) is 17.2. The summed E-state index contributed by atoms with van der Waals surface area (Å²) >= 11 is 5.92. The van der Waals surface area contributed by atoms with Crippen LogP contribution in [0.15, 0.2) is 35.2 Å². The Bertz CT molecular complexity index is 776. The first-order valence-corrected chi connectivity index (χ1v) is 11.3. The Morgan fingerprint density at radius 3 is 2.78 bits per heavy atom. The molecule has 0 spiro atoms. The second-order valence-electron chi connectivity index (χ2n) is 7.18. The fourth-order valence-electron chi connectivity index (χ4n) is 3.59. The molecule has 1 aromatic rings. The molecule has 2 atom stereocenters. The van der Waals surface area contributed by atoms with E-state index in [2.05, 4.69) is 10.8 Å². The monoisotopic (exact) mass is 413 g/mol. The average molecular weight is 414 g/mol. The molecule has 0 radical (unpaired) electrons. The summed E-state index contributed by atoms with van der Waals surface area (Å²) in [6.07, 6.45) is 10.0. The van der Waals surface area contributed by atoms with E-state index >= 15 is 0 Å². The number of carboxylic acid groups (broad SMARTS) is 1. The molecule has 0 heterocycles. The van der Waals surface area contributed by atoms with Crippen LogP contribution in [0.25, 0.3) is 0 Å². The SMILES string of the molecule is Cc1cc(Cl)ccc1S(=O)(=O)NCC1CCCCC1/C=C\CCCC(=O)O. The van der Waals surface area contributed by atoms with E-state index in [1.807, 2.05) is 6.08 Å². The molecule has 0 amide bonds. The van der Waals surface area contributed by atoms with Crippen molar-refractivity contribution < 1.29 is 18.3 Å². The molecule has 1 aromatic carbocycles. The number of aliphatic carboxylic acids is 1. The van der Waals surface area contributed by atoms with Crippen LogP contribution in [-0.4, -0.2) is 26.0 Å². The Hall–Kier alpha value is -1.37. The molecular weight excluding hydrogens is 386 g/mol. The Morgan fingerprint density at radius 1 is 1.33 bits per heavy atom. The minimum Gasteiger partial charge on any atom is -0.481 e. The lowest BCUT2D eigenvalue weighted by molar-refractivity contribution is -0.137. The van der Waals surface area contributed by atoms with Crippen molar-refractivity contribution in [2.24, 2.45) is 11.8 Å². The van der Waals surface area contributed by atoms with E-state index in [-0.39, 0.29) is 17.2 Å². The van der Waals surface area contributed by atoms with Crippen LogP contribution < -0.4 is 4.72 Å². The van der Waals surface area contributed by atoms with Gasteiger partial charge in [-0.25, -0.2) is 13.1 Å². The van der Waals surface area contributed by atoms with E-state index in [9.17, 15) is 13.2 Å². The maximum Gasteiger partial charge on any atom is 0.303 e. The van der Waals surface area contributed by atoms with E-state index < -0.39 is 16.0 Å². The van der Waals surface area contributed by atoms with Crippen molar-refractivity contribution in [1.29, 1.82) is 0 Å². The number of allylic oxidation sites excluding steroid dienone is 2. The second-order valence-corrected chi connectivity index (χ2v) is 9.36. The van der Waals surface area contributed by atoms with Crippen LogP contribution in [0, 0.1) is 18.8 Å². The number of sulfonamides is 1. The highest BCUT2D eigenvalue weighted by Gasteiger charge is 2.25. The summed E-state index contributed by atoms with van der Waals surface area (Å²) in [5.41, 5.74) is 0.633. The van der Waals surface area contributed by atoms with Crippen LogP contribution in [0.5, 0.6) is 0 Å². The Morgan fingerprint density at radius 2 is 2.07 bits per heavy atom. The van der Waals surface area contributed by atoms with E-state index in [1.165, 1.54) is 0 Å². The van der Waals surface area contributed by atoms with Crippen LogP contribution in [0.2, 0.25) is 5.02 Å². The molecule has 1 aliphatic rings. The fraction of sp³-hybridized carbons (Fsp3) is 0.550. The number of aryl methyl sites for hydroxylation is 1. The lowest BCUT2D eigenvalue weighted by Crippen LogP contribution is -2.34. The van der Waals surface area contributed by atoms with E-state index in [1.54, 1.807) is 25.1 Å². The van der Waals surface area contributed by atoms with Gasteiger partial charge in [-0.3, -0.25) is 4.79 Å². The summed E-state index contributed by atoms with van der Waals surface area (Å²) in [7, 11) is -3.57. The smallest absolute Gasteiger partial charge is 0.303 e. The highest BCUT2D eigenvalue weighted by molar-refractivity contribution is 7.89. The van der Waals surface area contributed by atoms with Crippen molar-refractivity contribution >= 4 is 27.6 Å². The summed E-state index contributed by atoms with van der Waals surface area (Å²) < 4.78 is 28.1. The van der Waals surface area contributed by atoms with Gasteiger partial charge < -0.3 is 5.11 Å². The summed E-state index contributed by atoms with van der Waals surface area (Å²) in [6.45, 7) is 2.15. The third kappa shape index (κ3) is 6.94. The maximum atomic E-state index is 12.6. The number of carbonyl (C=O) groups is 1. The Balaban J connectivity index is 1.95. The molecule has 150 valence electrons. The van der Waals surface area contributed by atoms with Crippen LogP contribution in [0.3, 0.4) is 0 Å². The third-order valence-electron chi connectivity index (χ3n) is 5.07. The first kappa shape index (κ1) is 21.9. The van der Waals surface area contributed by atoms with Gasteiger partial charge >= 0.3 is 5.97 Å².